The quantitative estimate of drug-likeness (QED) is 0.619. The largest absolute Gasteiger partial charge is 0.260 e. The Kier molecular flexibility index (Phi) is 3.12. The van der Waals surface area contributed by atoms with E-state index in [1.54, 1.807) is 6.07 Å². The van der Waals surface area contributed by atoms with Crippen LogP contribution in [0.4, 0.5) is 4.39 Å². The lowest BCUT2D eigenvalue weighted by Gasteiger charge is -2.12. The second kappa shape index (κ2) is 3.95. The summed E-state index contributed by atoms with van der Waals surface area (Å²) in [6.45, 7) is 3.81. The van der Waals surface area contributed by atoms with E-state index in [4.69, 9.17) is 15.7 Å². The molecular formula is C9H10B2FN. The first-order valence-electron chi connectivity index (χ1n) is 4.19. The maximum atomic E-state index is 13.6. The van der Waals surface area contributed by atoms with E-state index in [1.807, 2.05) is 13.8 Å². The Hall–Kier alpha value is -0.790. The summed E-state index contributed by atoms with van der Waals surface area (Å²) in [7, 11) is 10.7. The highest BCUT2D eigenvalue weighted by molar-refractivity contribution is 6.35. The Bertz CT molecular complexity index is 273. The molecule has 0 unspecified atom stereocenters. The Morgan fingerprint density at radius 1 is 1.38 bits per heavy atom. The predicted octanol–water partition coefficient (Wildman–Crippen LogP) is 1.68. The molecule has 0 saturated carbocycles. The zero-order chi connectivity index (χ0) is 10.0. The molecular weight excluding hydrogens is 163 g/mol. The summed E-state index contributed by atoms with van der Waals surface area (Å²) in [6, 6.07) is 1.64. The molecule has 0 aliphatic rings. The van der Waals surface area contributed by atoms with E-state index in [1.165, 1.54) is 6.20 Å². The number of halogens is 1. The zero-order valence-corrected chi connectivity index (χ0v) is 7.79. The molecule has 0 aliphatic heterocycles. The minimum absolute atomic E-state index is 0.112. The molecule has 64 valence electrons. The fourth-order valence-corrected chi connectivity index (χ4v) is 1.15. The molecule has 13 heavy (non-hydrogen) atoms. The molecule has 0 amide bonds. The minimum Gasteiger partial charge on any atom is -0.260 e. The van der Waals surface area contributed by atoms with Crippen molar-refractivity contribution in [2.45, 2.75) is 25.5 Å². The van der Waals surface area contributed by atoms with Crippen molar-refractivity contribution in [2.24, 2.45) is 0 Å². The predicted molar refractivity (Wildman–Crippen MR) is 52.5 cm³/mol. The van der Waals surface area contributed by atoms with E-state index in [2.05, 4.69) is 4.98 Å². The number of hydrogen-bond donors (Lipinski definition) is 0. The number of hydrogen-bond acceptors (Lipinski definition) is 1. The maximum absolute atomic E-state index is 13.6. The van der Waals surface area contributed by atoms with Crippen LogP contribution in [0, 0.1) is 5.82 Å². The molecule has 0 saturated heterocycles. The van der Waals surface area contributed by atoms with Crippen molar-refractivity contribution in [3.8, 4) is 0 Å². The van der Waals surface area contributed by atoms with Gasteiger partial charge in [-0.3, -0.25) is 4.98 Å². The van der Waals surface area contributed by atoms with Gasteiger partial charge in [-0.2, -0.15) is 0 Å². The fraction of sp³-hybridized carbons (Fsp3) is 0.444. The summed E-state index contributed by atoms with van der Waals surface area (Å²) >= 11 is 0. The van der Waals surface area contributed by atoms with E-state index >= 15 is 0 Å². The van der Waals surface area contributed by atoms with Crippen LogP contribution in [0.2, 0.25) is 0 Å². The van der Waals surface area contributed by atoms with E-state index in [0.29, 0.717) is 5.56 Å². The molecule has 1 heterocycles. The van der Waals surface area contributed by atoms with Crippen molar-refractivity contribution in [3.63, 3.8) is 0 Å². The molecule has 1 rings (SSSR count). The van der Waals surface area contributed by atoms with Crippen molar-refractivity contribution in [3.05, 3.63) is 29.3 Å². The van der Waals surface area contributed by atoms with Gasteiger partial charge in [-0.25, -0.2) is 4.39 Å². The highest BCUT2D eigenvalue weighted by atomic mass is 19.1. The van der Waals surface area contributed by atoms with E-state index < -0.39 is 5.72 Å². The Balaban J connectivity index is 3.18. The van der Waals surface area contributed by atoms with Crippen LogP contribution in [0.1, 0.15) is 36.7 Å². The third kappa shape index (κ3) is 2.11. The van der Waals surface area contributed by atoms with Crippen molar-refractivity contribution in [2.75, 3.05) is 0 Å². The summed E-state index contributed by atoms with van der Waals surface area (Å²) < 4.78 is 13.6. The van der Waals surface area contributed by atoms with Crippen LogP contribution < -0.4 is 0 Å². The van der Waals surface area contributed by atoms with Gasteiger partial charge in [0.2, 0.25) is 0 Å². The number of pyridine rings is 1. The minimum atomic E-state index is -0.848. The van der Waals surface area contributed by atoms with Crippen molar-refractivity contribution in [1.29, 1.82) is 0 Å². The van der Waals surface area contributed by atoms with Gasteiger partial charge >= 0.3 is 0 Å². The van der Waals surface area contributed by atoms with Crippen LogP contribution in [0.5, 0.6) is 0 Å². The van der Waals surface area contributed by atoms with Crippen LogP contribution in [-0.2, 0) is 0 Å². The Morgan fingerprint density at radius 2 is 2.00 bits per heavy atom. The molecule has 1 aromatic heterocycles. The maximum Gasteiger partial charge on any atom is 0.146 e. The molecule has 4 heteroatoms. The first kappa shape index (κ1) is 10.3. The second-order valence-electron chi connectivity index (χ2n) is 3.28. The second-order valence-corrected chi connectivity index (χ2v) is 3.28. The number of nitrogens with zero attached hydrogens (tertiary/aromatic N) is 1. The monoisotopic (exact) mass is 173 g/mol. The molecule has 1 nitrogen and oxygen atoms in total. The molecule has 0 bridgehead atoms. The summed E-state index contributed by atoms with van der Waals surface area (Å²) in [6.07, 6.45) is 1.53. The molecule has 1 aromatic rings. The van der Waals surface area contributed by atoms with Crippen LogP contribution in [0.15, 0.2) is 12.3 Å². The normalized spacial score (nSPS) is 11.2. The first-order valence-corrected chi connectivity index (χ1v) is 4.19. The molecule has 0 N–H and O–H groups in total. The van der Waals surface area contributed by atoms with Crippen LogP contribution in [0.3, 0.4) is 0 Å². The van der Waals surface area contributed by atoms with Crippen LogP contribution in [-0.4, -0.2) is 20.7 Å². The number of aromatic nitrogens is 1. The third-order valence-electron chi connectivity index (χ3n) is 1.88. The molecule has 0 atom stereocenters. The fourth-order valence-electron chi connectivity index (χ4n) is 1.15. The lowest BCUT2D eigenvalue weighted by atomic mass is 9.68. The zero-order valence-electron chi connectivity index (χ0n) is 7.79. The van der Waals surface area contributed by atoms with Crippen LogP contribution >= 0.6 is 0 Å². The van der Waals surface area contributed by atoms with Gasteiger partial charge in [0.1, 0.15) is 5.82 Å². The third-order valence-corrected chi connectivity index (χ3v) is 1.88. The lowest BCUT2D eigenvalue weighted by Crippen LogP contribution is -2.07. The molecule has 0 aliphatic carbocycles. The van der Waals surface area contributed by atoms with E-state index in [9.17, 15) is 4.39 Å². The summed E-state index contributed by atoms with van der Waals surface area (Å²) in [5.74, 6) is -0.270. The van der Waals surface area contributed by atoms with Gasteiger partial charge in [0.15, 0.2) is 0 Å². The highest BCUT2D eigenvalue weighted by Crippen LogP contribution is 2.21. The lowest BCUT2D eigenvalue weighted by molar-refractivity contribution is 0.578. The summed E-state index contributed by atoms with van der Waals surface area (Å²) in [5.41, 5.74) is -0.115. The van der Waals surface area contributed by atoms with Crippen LogP contribution in [0.25, 0.3) is 0 Å². The summed E-state index contributed by atoms with van der Waals surface area (Å²) in [5, 5.41) is 0. The van der Waals surface area contributed by atoms with Crippen molar-refractivity contribution >= 4 is 15.7 Å². The smallest absolute Gasteiger partial charge is 0.146 e. The van der Waals surface area contributed by atoms with Gasteiger partial charge in [0, 0.05) is 6.20 Å². The standard InChI is InChI=1S/C9H10B2FN/c1-5(2)6-3-4-13-8(7(6)12)9(10)11/h3-5,9H,1-2H3. The highest BCUT2D eigenvalue weighted by Gasteiger charge is 2.13. The van der Waals surface area contributed by atoms with E-state index in [-0.39, 0.29) is 17.4 Å². The summed E-state index contributed by atoms with van der Waals surface area (Å²) in [4.78, 5) is 3.80. The van der Waals surface area contributed by atoms with Gasteiger partial charge in [0.25, 0.3) is 0 Å². The first-order chi connectivity index (χ1) is 6.04. The molecule has 0 aromatic carbocycles. The van der Waals surface area contributed by atoms with Gasteiger partial charge < -0.3 is 0 Å². The molecule has 0 spiro atoms. The Morgan fingerprint density at radius 3 is 2.46 bits per heavy atom. The Labute approximate surface area is 80.6 Å². The average molecular weight is 173 g/mol. The average Bonchev–Trinajstić information content (AvgIpc) is 2.03. The molecule has 0 fully saturated rings. The number of rotatable bonds is 2. The van der Waals surface area contributed by atoms with Gasteiger partial charge in [-0.15, -0.1) is 0 Å². The van der Waals surface area contributed by atoms with E-state index in [0.717, 1.165) is 0 Å². The van der Waals surface area contributed by atoms with Crippen molar-refractivity contribution in [1.82, 2.24) is 4.98 Å². The van der Waals surface area contributed by atoms with Crippen molar-refractivity contribution < 1.29 is 4.39 Å². The van der Waals surface area contributed by atoms with Gasteiger partial charge in [-0.1, -0.05) is 19.6 Å². The molecule has 4 radical (unpaired) electrons. The van der Waals surface area contributed by atoms with Gasteiger partial charge in [0.05, 0.1) is 21.4 Å². The SMILES string of the molecule is [B]C([B])c1nccc(C(C)C)c1F. The topological polar surface area (TPSA) is 12.9 Å². The van der Waals surface area contributed by atoms with Gasteiger partial charge in [-0.05, 0) is 17.5 Å².